The van der Waals surface area contributed by atoms with Gasteiger partial charge in [-0.1, -0.05) is 45.2 Å². The summed E-state index contributed by atoms with van der Waals surface area (Å²) in [6.07, 6.45) is 5.02. The van der Waals surface area contributed by atoms with Crippen molar-refractivity contribution in [3.63, 3.8) is 0 Å². The molecular weight excluding hydrogens is 262 g/mol. The van der Waals surface area contributed by atoms with Gasteiger partial charge in [0.25, 0.3) is 5.56 Å². The van der Waals surface area contributed by atoms with Gasteiger partial charge in [-0.05, 0) is 19.3 Å². The van der Waals surface area contributed by atoms with Crippen LogP contribution in [0.2, 0.25) is 5.02 Å². The predicted octanol–water partition coefficient (Wildman–Crippen LogP) is 3.54. The quantitative estimate of drug-likeness (QED) is 0.833. The van der Waals surface area contributed by atoms with Crippen molar-refractivity contribution in [3.05, 3.63) is 21.6 Å². The number of nitrogens with zero attached hydrogens (tertiary/aromatic N) is 2. The first-order valence-electron chi connectivity index (χ1n) is 6.97. The van der Waals surface area contributed by atoms with Crippen LogP contribution in [0.5, 0.6) is 0 Å². The summed E-state index contributed by atoms with van der Waals surface area (Å²) < 4.78 is 1.43. The Morgan fingerprint density at radius 3 is 2.68 bits per heavy atom. The van der Waals surface area contributed by atoms with Gasteiger partial charge in [-0.2, -0.15) is 5.10 Å². The zero-order valence-corrected chi connectivity index (χ0v) is 13.0. The monoisotopic (exact) mass is 285 g/mol. The molecule has 0 amide bonds. The van der Waals surface area contributed by atoms with E-state index in [0.717, 1.165) is 19.3 Å². The summed E-state index contributed by atoms with van der Waals surface area (Å²) in [6, 6.07) is 0.291. The summed E-state index contributed by atoms with van der Waals surface area (Å²) in [5.41, 5.74) is 0.415. The summed E-state index contributed by atoms with van der Waals surface area (Å²) in [4.78, 5) is 12.0. The highest BCUT2D eigenvalue weighted by Crippen LogP contribution is 2.18. The molecule has 108 valence electrons. The maximum absolute atomic E-state index is 12.0. The summed E-state index contributed by atoms with van der Waals surface area (Å²) in [6.45, 7) is 8.92. The molecule has 0 aromatic carbocycles. The minimum atomic E-state index is -0.219. The first-order valence-corrected chi connectivity index (χ1v) is 7.35. The normalized spacial score (nSPS) is 12.7. The molecule has 0 bridgehead atoms. The molecule has 1 N–H and O–H groups in total. The number of anilines is 1. The number of halogens is 1. The van der Waals surface area contributed by atoms with Crippen molar-refractivity contribution >= 4 is 17.3 Å². The van der Waals surface area contributed by atoms with Crippen LogP contribution in [0.3, 0.4) is 0 Å². The second-order valence-corrected chi connectivity index (χ2v) is 5.82. The minimum absolute atomic E-state index is 0.219. The van der Waals surface area contributed by atoms with Gasteiger partial charge in [0.05, 0.1) is 11.9 Å². The summed E-state index contributed by atoms with van der Waals surface area (Å²) >= 11 is 6.12. The Hall–Kier alpha value is -1.03. The topological polar surface area (TPSA) is 46.9 Å². The van der Waals surface area contributed by atoms with Crippen LogP contribution in [0.25, 0.3) is 0 Å². The number of hydrogen-bond acceptors (Lipinski definition) is 3. The Kier molecular flexibility index (Phi) is 6.35. The molecule has 0 aliphatic rings. The van der Waals surface area contributed by atoms with Gasteiger partial charge in [0.15, 0.2) is 0 Å². The molecule has 4 nitrogen and oxygen atoms in total. The molecule has 1 heterocycles. The van der Waals surface area contributed by atoms with E-state index in [-0.39, 0.29) is 10.6 Å². The van der Waals surface area contributed by atoms with Gasteiger partial charge in [0.1, 0.15) is 5.02 Å². The standard InChI is InChI=1S/C14H24ClN3O/c1-5-6-7-11(4)17-12-8-16-18(9-10(2)3)14(19)13(12)15/h8,10-11,17H,5-7,9H2,1-4H3. The number of hydrogen-bond donors (Lipinski definition) is 1. The third kappa shape index (κ3) is 4.86. The van der Waals surface area contributed by atoms with E-state index in [1.165, 1.54) is 4.68 Å². The van der Waals surface area contributed by atoms with Crippen LogP contribution in [0.1, 0.15) is 47.0 Å². The molecule has 1 aromatic heterocycles. The van der Waals surface area contributed by atoms with Crippen LogP contribution in [0.15, 0.2) is 11.0 Å². The van der Waals surface area contributed by atoms with E-state index in [1.54, 1.807) is 6.20 Å². The maximum Gasteiger partial charge on any atom is 0.287 e. The SMILES string of the molecule is CCCCC(C)Nc1cnn(CC(C)C)c(=O)c1Cl. The predicted molar refractivity (Wildman–Crippen MR) is 81.0 cm³/mol. The van der Waals surface area contributed by atoms with Gasteiger partial charge in [-0.15, -0.1) is 0 Å². The molecule has 0 aliphatic heterocycles. The molecule has 0 spiro atoms. The number of aromatic nitrogens is 2. The lowest BCUT2D eigenvalue weighted by Gasteiger charge is -2.16. The Bertz CT molecular complexity index is 456. The Morgan fingerprint density at radius 2 is 2.11 bits per heavy atom. The highest BCUT2D eigenvalue weighted by Gasteiger charge is 2.11. The summed E-state index contributed by atoms with van der Waals surface area (Å²) in [5.74, 6) is 0.364. The lowest BCUT2D eigenvalue weighted by molar-refractivity contribution is 0.464. The molecule has 0 aliphatic carbocycles. The van der Waals surface area contributed by atoms with E-state index in [4.69, 9.17) is 11.6 Å². The summed E-state index contributed by atoms with van der Waals surface area (Å²) in [5, 5.41) is 7.66. The molecule has 0 radical (unpaired) electrons. The largest absolute Gasteiger partial charge is 0.380 e. The van der Waals surface area contributed by atoms with Crippen molar-refractivity contribution < 1.29 is 0 Å². The van der Waals surface area contributed by atoms with Gasteiger partial charge in [0.2, 0.25) is 0 Å². The van der Waals surface area contributed by atoms with Crippen LogP contribution in [0.4, 0.5) is 5.69 Å². The highest BCUT2D eigenvalue weighted by molar-refractivity contribution is 6.32. The number of rotatable bonds is 7. The van der Waals surface area contributed by atoms with Crippen molar-refractivity contribution in [3.8, 4) is 0 Å². The van der Waals surface area contributed by atoms with Gasteiger partial charge < -0.3 is 5.32 Å². The fraction of sp³-hybridized carbons (Fsp3) is 0.714. The van der Waals surface area contributed by atoms with E-state index < -0.39 is 0 Å². The zero-order chi connectivity index (χ0) is 14.4. The molecule has 0 fully saturated rings. The highest BCUT2D eigenvalue weighted by atomic mass is 35.5. The lowest BCUT2D eigenvalue weighted by Crippen LogP contribution is -2.27. The van der Waals surface area contributed by atoms with Crippen molar-refractivity contribution in [2.24, 2.45) is 5.92 Å². The van der Waals surface area contributed by atoms with Crippen LogP contribution in [-0.4, -0.2) is 15.8 Å². The molecule has 1 unspecified atom stereocenters. The third-order valence-corrected chi connectivity index (χ3v) is 3.28. The number of unbranched alkanes of at least 4 members (excludes halogenated alkanes) is 1. The van der Waals surface area contributed by atoms with Gasteiger partial charge in [-0.3, -0.25) is 4.79 Å². The second-order valence-electron chi connectivity index (χ2n) is 5.44. The van der Waals surface area contributed by atoms with Gasteiger partial charge >= 0.3 is 0 Å². The van der Waals surface area contributed by atoms with E-state index >= 15 is 0 Å². The second kappa shape index (κ2) is 7.53. The van der Waals surface area contributed by atoms with E-state index in [9.17, 15) is 4.79 Å². The average Bonchev–Trinajstić information content (AvgIpc) is 2.35. The Balaban J connectivity index is 2.81. The van der Waals surface area contributed by atoms with Gasteiger partial charge in [-0.25, -0.2) is 4.68 Å². The van der Waals surface area contributed by atoms with Crippen LogP contribution >= 0.6 is 11.6 Å². The first kappa shape index (κ1) is 16.0. The van der Waals surface area contributed by atoms with Crippen LogP contribution in [0, 0.1) is 5.92 Å². The zero-order valence-electron chi connectivity index (χ0n) is 12.2. The van der Waals surface area contributed by atoms with E-state index in [2.05, 4.69) is 24.3 Å². The van der Waals surface area contributed by atoms with E-state index in [1.807, 2.05) is 13.8 Å². The molecule has 0 saturated heterocycles. The maximum atomic E-state index is 12.0. The van der Waals surface area contributed by atoms with E-state index in [0.29, 0.717) is 24.2 Å². The minimum Gasteiger partial charge on any atom is -0.380 e. The smallest absolute Gasteiger partial charge is 0.287 e. The average molecular weight is 286 g/mol. The molecular formula is C14H24ClN3O. The Labute approximate surface area is 120 Å². The molecule has 1 atom stereocenters. The van der Waals surface area contributed by atoms with Crippen LogP contribution < -0.4 is 10.9 Å². The third-order valence-electron chi connectivity index (χ3n) is 2.92. The molecule has 19 heavy (non-hydrogen) atoms. The molecule has 0 saturated carbocycles. The van der Waals surface area contributed by atoms with Crippen molar-refractivity contribution in [1.29, 1.82) is 0 Å². The van der Waals surface area contributed by atoms with Crippen molar-refractivity contribution in [1.82, 2.24) is 9.78 Å². The fourth-order valence-electron chi connectivity index (χ4n) is 1.89. The lowest BCUT2D eigenvalue weighted by atomic mass is 10.1. The first-order chi connectivity index (χ1) is 8.95. The van der Waals surface area contributed by atoms with Crippen molar-refractivity contribution in [2.45, 2.75) is 59.5 Å². The Morgan fingerprint density at radius 1 is 1.42 bits per heavy atom. The fourth-order valence-corrected chi connectivity index (χ4v) is 2.09. The summed E-state index contributed by atoms with van der Waals surface area (Å²) in [7, 11) is 0. The molecule has 1 rings (SSSR count). The molecule has 1 aromatic rings. The van der Waals surface area contributed by atoms with Crippen molar-refractivity contribution in [2.75, 3.05) is 5.32 Å². The van der Waals surface area contributed by atoms with Crippen LogP contribution in [-0.2, 0) is 6.54 Å². The number of nitrogens with one attached hydrogen (secondary N) is 1. The molecule has 5 heteroatoms. The van der Waals surface area contributed by atoms with Gasteiger partial charge in [0, 0.05) is 12.6 Å².